The van der Waals surface area contributed by atoms with E-state index in [1.165, 1.54) is 16.5 Å². The van der Waals surface area contributed by atoms with E-state index in [1.807, 2.05) is 20.2 Å². The highest BCUT2D eigenvalue weighted by Crippen LogP contribution is 2.24. The predicted octanol–water partition coefficient (Wildman–Crippen LogP) is 2.91. The van der Waals surface area contributed by atoms with Gasteiger partial charge in [-0.3, -0.25) is 0 Å². The molecule has 2 nitrogen and oxygen atoms in total. The molecule has 0 aliphatic rings. The second-order valence-electron chi connectivity index (χ2n) is 3.79. The highest BCUT2D eigenvalue weighted by atomic mass is 16.5. The Bertz CT molecular complexity index is 477. The molecule has 0 saturated carbocycles. The zero-order valence-electron chi connectivity index (χ0n) is 9.32. The molecule has 2 heteroatoms. The van der Waals surface area contributed by atoms with Crippen molar-refractivity contribution in [3.05, 3.63) is 36.4 Å². The molecule has 0 atom stereocenters. The Morgan fingerprint density at radius 2 is 1.60 bits per heavy atom. The number of benzene rings is 2. The third-order valence-corrected chi connectivity index (χ3v) is 2.55. The average molecular weight is 201 g/mol. The molecular weight excluding hydrogens is 186 g/mol. The van der Waals surface area contributed by atoms with Gasteiger partial charge in [0, 0.05) is 19.8 Å². The topological polar surface area (TPSA) is 12.5 Å². The van der Waals surface area contributed by atoms with Gasteiger partial charge in [-0.25, -0.2) is 0 Å². The van der Waals surface area contributed by atoms with Crippen molar-refractivity contribution in [3.8, 4) is 5.75 Å². The summed E-state index contributed by atoms with van der Waals surface area (Å²) in [5, 5.41) is 2.45. The van der Waals surface area contributed by atoms with E-state index < -0.39 is 0 Å². The molecule has 0 aliphatic heterocycles. The van der Waals surface area contributed by atoms with Gasteiger partial charge >= 0.3 is 0 Å². The van der Waals surface area contributed by atoms with Crippen LogP contribution in [0.25, 0.3) is 10.8 Å². The number of hydrogen-bond acceptors (Lipinski definition) is 2. The van der Waals surface area contributed by atoms with Crippen molar-refractivity contribution < 1.29 is 4.74 Å². The third-order valence-electron chi connectivity index (χ3n) is 2.55. The number of fused-ring (bicyclic) bond motifs is 1. The molecule has 0 fully saturated rings. The van der Waals surface area contributed by atoms with Crippen molar-refractivity contribution in [1.29, 1.82) is 0 Å². The van der Waals surface area contributed by atoms with E-state index in [-0.39, 0.29) is 0 Å². The molecule has 0 saturated heterocycles. The fourth-order valence-electron chi connectivity index (χ4n) is 1.62. The SMILES string of the molecule is COc1ccc2cc(N(C)C)ccc2c1. The van der Waals surface area contributed by atoms with E-state index >= 15 is 0 Å². The first kappa shape index (κ1) is 9.84. The number of methoxy groups -OCH3 is 1. The highest BCUT2D eigenvalue weighted by Gasteiger charge is 1.99. The summed E-state index contributed by atoms with van der Waals surface area (Å²) in [6, 6.07) is 12.5. The smallest absolute Gasteiger partial charge is 0.119 e. The van der Waals surface area contributed by atoms with Crippen LogP contribution in [0, 0.1) is 0 Å². The maximum Gasteiger partial charge on any atom is 0.119 e. The van der Waals surface area contributed by atoms with Crippen LogP contribution < -0.4 is 9.64 Å². The van der Waals surface area contributed by atoms with E-state index in [0.29, 0.717) is 0 Å². The molecule has 0 unspecified atom stereocenters. The zero-order valence-corrected chi connectivity index (χ0v) is 9.32. The Hall–Kier alpha value is -1.70. The summed E-state index contributed by atoms with van der Waals surface area (Å²) in [6.07, 6.45) is 0. The fraction of sp³-hybridized carbons (Fsp3) is 0.231. The molecule has 0 bridgehead atoms. The van der Waals surface area contributed by atoms with Crippen LogP contribution in [0.1, 0.15) is 0 Å². The van der Waals surface area contributed by atoms with Crippen LogP contribution in [-0.4, -0.2) is 21.2 Å². The molecule has 0 heterocycles. The van der Waals surface area contributed by atoms with Crippen molar-refractivity contribution in [2.45, 2.75) is 0 Å². The lowest BCUT2D eigenvalue weighted by molar-refractivity contribution is 0.415. The first-order chi connectivity index (χ1) is 7.20. The molecular formula is C13H15NO. The molecule has 0 spiro atoms. The monoisotopic (exact) mass is 201 g/mol. The first-order valence-electron chi connectivity index (χ1n) is 4.96. The summed E-state index contributed by atoms with van der Waals surface area (Å²) in [5.41, 5.74) is 1.22. The lowest BCUT2D eigenvalue weighted by Gasteiger charge is -2.13. The molecule has 2 aromatic carbocycles. The fourth-order valence-corrected chi connectivity index (χ4v) is 1.62. The molecule has 15 heavy (non-hydrogen) atoms. The minimum atomic E-state index is 0.903. The summed E-state index contributed by atoms with van der Waals surface area (Å²) in [4.78, 5) is 2.10. The lowest BCUT2D eigenvalue weighted by atomic mass is 10.1. The van der Waals surface area contributed by atoms with Gasteiger partial charge in [0.25, 0.3) is 0 Å². The standard InChI is InChI=1S/C13H15NO/c1-14(2)12-6-4-11-9-13(15-3)7-5-10(11)8-12/h4-9H,1-3H3. The van der Waals surface area contributed by atoms with Crippen molar-refractivity contribution in [1.82, 2.24) is 0 Å². The van der Waals surface area contributed by atoms with Gasteiger partial charge in [0.15, 0.2) is 0 Å². The van der Waals surface area contributed by atoms with Crippen molar-refractivity contribution in [3.63, 3.8) is 0 Å². The molecule has 0 aromatic heterocycles. The Labute approximate surface area is 90.1 Å². The summed E-state index contributed by atoms with van der Waals surface area (Å²) in [7, 11) is 5.78. The zero-order chi connectivity index (χ0) is 10.8. The van der Waals surface area contributed by atoms with Crippen LogP contribution in [0.15, 0.2) is 36.4 Å². The quantitative estimate of drug-likeness (QED) is 0.740. The Morgan fingerprint density at radius 3 is 2.27 bits per heavy atom. The van der Waals surface area contributed by atoms with Gasteiger partial charge in [0.05, 0.1) is 7.11 Å². The molecule has 78 valence electrons. The van der Waals surface area contributed by atoms with Gasteiger partial charge in [-0.05, 0) is 35.0 Å². The Kier molecular flexibility index (Phi) is 2.50. The van der Waals surface area contributed by atoms with Crippen molar-refractivity contribution in [2.75, 3.05) is 26.1 Å². The van der Waals surface area contributed by atoms with Crippen LogP contribution >= 0.6 is 0 Å². The predicted molar refractivity (Wildman–Crippen MR) is 64.8 cm³/mol. The van der Waals surface area contributed by atoms with E-state index in [1.54, 1.807) is 7.11 Å². The first-order valence-corrected chi connectivity index (χ1v) is 4.96. The van der Waals surface area contributed by atoms with Crippen LogP contribution in [0.3, 0.4) is 0 Å². The minimum absolute atomic E-state index is 0.903. The molecule has 0 radical (unpaired) electrons. The number of nitrogens with zero attached hydrogens (tertiary/aromatic N) is 1. The maximum atomic E-state index is 5.19. The maximum absolute atomic E-state index is 5.19. The molecule has 2 rings (SSSR count). The summed E-state index contributed by atoms with van der Waals surface area (Å²) < 4.78 is 5.19. The van der Waals surface area contributed by atoms with Gasteiger partial charge in [0.1, 0.15) is 5.75 Å². The summed E-state index contributed by atoms with van der Waals surface area (Å²) >= 11 is 0. The lowest BCUT2D eigenvalue weighted by Crippen LogP contribution is -2.07. The van der Waals surface area contributed by atoms with Crippen LogP contribution in [0.2, 0.25) is 0 Å². The second kappa shape index (κ2) is 3.81. The largest absolute Gasteiger partial charge is 0.497 e. The van der Waals surface area contributed by atoms with Crippen LogP contribution in [0.5, 0.6) is 5.75 Å². The number of rotatable bonds is 2. The van der Waals surface area contributed by atoms with Crippen molar-refractivity contribution in [2.24, 2.45) is 0 Å². The van der Waals surface area contributed by atoms with Gasteiger partial charge in [-0.2, -0.15) is 0 Å². The normalized spacial score (nSPS) is 10.3. The van der Waals surface area contributed by atoms with E-state index in [9.17, 15) is 0 Å². The molecule has 2 aromatic rings. The minimum Gasteiger partial charge on any atom is -0.497 e. The highest BCUT2D eigenvalue weighted by molar-refractivity contribution is 5.87. The number of ether oxygens (including phenoxy) is 1. The summed E-state index contributed by atoms with van der Waals surface area (Å²) in [5.74, 6) is 0.903. The Morgan fingerprint density at radius 1 is 0.933 bits per heavy atom. The average Bonchev–Trinajstić information content (AvgIpc) is 2.27. The molecule has 0 amide bonds. The van der Waals surface area contributed by atoms with E-state index in [0.717, 1.165) is 5.75 Å². The van der Waals surface area contributed by atoms with E-state index in [2.05, 4.69) is 35.2 Å². The molecule has 0 N–H and O–H groups in total. The third kappa shape index (κ3) is 1.89. The van der Waals surface area contributed by atoms with E-state index in [4.69, 9.17) is 4.74 Å². The van der Waals surface area contributed by atoms with Gasteiger partial charge in [-0.15, -0.1) is 0 Å². The number of hydrogen-bond donors (Lipinski definition) is 0. The Balaban J connectivity index is 2.55. The van der Waals surface area contributed by atoms with Crippen LogP contribution in [0.4, 0.5) is 5.69 Å². The van der Waals surface area contributed by atoms with Gasteiger partial charge < -0.3 is 9.64 Å². The summed E-state index contributed by atoms with van der Waals surface area (Å²) in [6.45, 7) is 0. The second-order valence-corrected chi connectivity index (χ2v) is 3.79. The van der Waals surface area contributed by atoms with Gasteiger partial charge in [-0.1, -0.05) is 12.1 Å². The van der Waals surface area contributed by atoms with Crippen molar-refractivity contribution >= 4 is 16.5 Å². The van der Waals surface area contributed by atoms with Crippen LogP contribution in [-0.2, 0) is 0 Å². The van der Waals surface area contributed by atoms with Gasteiger partial charge in [0.2, 0.25) is 0 Å². The molecule has 0 aliphatic carbocycles. The number of anilines is 1.